The van der Waals surface area contributed by atoms with Crippen molar-refractivity contribution in [3.63, 3.8) is 0 Å². The number of allylic oxidation sites excluding steroid dienone is 2. The van der Waals surface area contributed by atoms with E-state index in [0.717, 1.165) is 38.5 Å². The summed E-state index contributed by atoms with van der Waals surface area (Å²) in [7, 11) is 0. The first-order valence-corrected chi connectivity index (χ1v) is 9.27. The Morgan fingerprint density at radius 3 is 1.39 bits per heavy atom. The summed E-state index contributed by atoms with van der Waals surface area (Å²) in [5.41, 5.74) is -0.305. The van der Waals surface area contributed by atoms with Gasteiger partial charge in [-0.3, -0.25) is 9.59 Å². The van der Waals surface area contributed by atoms with Crippen molar-refractivity contribution < 1.29 is 9.59 Å². The number of hydrogen-bond acceptors (Lipinski definition) is 2. The molecule has 0 aromatic rings. The van der Waals surface area contributed by atoms with E-state index in [1.807, 2.05) is 27.7 Å². The van der Waals surface area contributed by atoms with Crippen LogP contribution in [-0.2, 0) is 9.59 Å². The molecule has 2 nitrogen and oxygen atoms in total. The molecule has 0 fully saturated rings. The van der Waals surface area contributed by atoms with Crippen LogP contribution in [0.1, 0.15) is 99.3 Å². The lowest BCUT2D eigenvalue weighted by molar-refractivity contribution is -0.125. The minimum atomic E-state index is -0.155. The van der Waals surface area contributed by atoms with Gasteiger partial charge in [0.1, 0.15) is 11.6 Å². The van der Waals surface area contributed by atoms with Crippen molar-refractivity contribution in [3.8, 4) is 0 Å². The molecule has 0 bridgehead atoms. The van der Waals surface area contributed by atoms with Crippen molar-refractivity contribution in [2.24, 2.45) is 10.8 Å². The molecule has 0 aliphatic rings. The van der Waals surface area contributed by atoms with Gasteiger partial charge in [-0.05, 0) is 52.4 Å². The Hall–Kier alpha value is -0.920. The maximum absolute atomic E-state index is 11.4. The summed E-state index contributed by atoms with van der Waals surface area (Å²) in [6.07, 6.45) is 14.6. The molecule has 0 aromatic carbocycles. The smallest absolute Gasteiger partial charge is 0.135 e. The second-order valence-corrected chi connectivity index (χ2v) is 8.20. The van der Waals surface area contributed by atoms with E-state index >= 15 is 0 Å². The zero-order valence-corrected chi connectivity index (χ0v) is 16.3. The van der Waals surface area contributed by atoms with Crippen molar-refractivity contribution >= 4 is 11.6 Å². The molecule has 0 unspecified atom stereocenters. The second kappa shape index (κ2) is 10.8. The molecule has 0 amide bonds. The molecule has 134 valence electrons. The zero-order valence-electron chi connectivity index (χ0n) is 16.3. The lowest BCUT2D eigenvalue weighted by Crippen LogP contribution is -2.20. The lowest BCUT2D eigenvalue weighted by Gasteiger charge is -2.20. The van der Waals surface area contributed by atoms with Crippen LogP contribution in [0.2, 0.25) is 0 Å². The highest BCUT2D eigenvalue weighted by Crippen LogP contribution is 2.25. The van der Waals surface area contributed by atoms with Crippen LogP contribution < -0.4 is 0 Å². The van der Waals surface area contributed by atoms with Gasteiger partial charge in [-0.25, -0.2) is 0 Å². The fourth-order valence-electron chi connectivity index (χ4n) is 2.42. The molecule has 0 rings (SSSR count). The fourth-order valence-corrected chi connectivity index (χ4v) is 2.42. The minimum absolute atomic E-state index is 0.149. The summed E-state index contributed by atoms with van der Waals surface area (Å²) in [4.78, 5) is 22.8. The summed E-state index contributed by atoms with van der Waals surface area (Å²) < 4.78 is 0. The van der Waals surface area contributed by atoms with E-state index in [0.29, 0.717) is 11.6 Å². The molecule has 2 heteroatoms. The van der Waals surface area contributed by atoms with Gasteiger partial charge in [-0.1, -0.05) is 59.1 Å². The Bertz CT molecular complexity index is 389. The van der Waals surface area contributed by atoms with Crippen LogP contribution in [0.25, 0.3) is 0 Å². The Morgan fingerprint density at radius 2 is 1.00 bits per heavy atom. The number of hydrogen-bond donors (Lipinski definition) is 0. The summed E-state index contributed by atoms with van der Waals surface area (Å²) >= 11 is 0. The first-order valence-electron chi connectivity index (χ1n) is 9.27. The molecular formula is C21H38O2. The quantitative estimate of drug-likeness (QED) is 0.295. The van der Waals surface area contributed by atoms with Crippen LogP contribution >= 0.6 is 0 Å². The molecule has 0 atom stereocenters. The molecule has 0 aromatic heterocycles. The van der Waals surface area contributed by atoms with Crippen LogP contribution in [0.15, 0.2) is 12.2 Å². The van der Waals surface area contributed by atoms with E-state index < -0.39 is 0 Å². The standard InChI is InChI=1S/C21H38O2/c1-18(22)20(3,4)16-14-12-10-8-7-9-11-13-15-17-21(5,6)19(2)23/h7-8H,9-17H2,1-6H3/b8-7-. The number of carbonyl (C=O) groups excluding carboxylic acids is 2. The molecule has 0 spiro atoms. The van der Waals surface area contributed by atoms with Gasteiger partial charge in [0, 0.05) is 10.8 Å². The zero-order chi connectivity index (χ0) is 17.9. The molecule has 0 N–H and O–H groups in total. The third-order valence-electron chi connectivity index (χ3n) is 5.17. The minimum Gasteiger partial charge on any atom is -0.299 e. The largest absolute Gasteiger partial charge is 0.299 e. The number of carbonyl (C=O) groups is 2. The highest BCUT2D eigenvalue weighted by molar-refractivity contribution is 5.81. The molecular weight excluding hydrogens is 284 g/mol. The summed E-state index contributed by atoms with van der Waals surface area (Å²) in [6, 6.07) is 0. The maximum Gasteiger partial charge on any atom is 0.135 e. The Morgan fingerprint density at radius 1 is 0.652 bits per heavy atom. The van der Waals surface area contributed by atoms with Gasteiger partial charge >= 0.3 is 0 Å². The molecule has 23 heavy (non-hydrogen) atoms. The van der Waals surface area contributed by atoms with Crippen LogP contribution in [0.5, 0.6) is 0 Å². The highest BCUT2D eigenvalue weighted by Gasteiger charge is 2.23. The van der Waals surface area contributed by atoms with E-state index in [1.54, 1.807) is 13.8 Å². The first kappa shape index (κ1) is 22.1. The predicted octanol–water partition coefficient (Wildman–Crippen LogP) is 6.28. The van der Waals surface area contributed by atoms with E-state index in [-0.39, 0.29) is 10.8 Å². The van der Waals surface area contributed by atoms with Gasteiger partial charge < -0.3 is 0 Å². The van der Waals surface area contributed by atoms with Crippen LogP contribution in [0.4, 0.5) is 0 Å². The first-order chi connectivity index (χ1) is 10.6. The third-order valence-corrected chi connectivity index (χ3v) is 5.17. The molecule has 0 heterocycles. The fraction of sp³-hybridized carbons (Fsp3) is 0.810. The number of ketones is 2. The Balaban J connectivity index is 3.56. The number of unbranched alkanes of at least 4 members (excludes halogenated alkanes) is 5. The highest BCUT2D eigenvalue weighted by atomic mass is 16.1. The van der Waals surface area contributed by atoms with E-state index in [9.17, 15) is 9.59 Å². The van der Waals surface area contributed by atoms with E-state index in [2.05, 4.69) is 12.2 Å². The van der Waals surface area contributed by atoms with Crippen LogP contribution in [-0.4, -0.2) is 11.6 Å². The van der Waals surface area contributed by atoms with E-state index in [4.69, 9.17) is 0 Å². The average molecular weight is 323 g/mol. The normalized spacial score (nSPS) is 12.8. The van der Waals surface area contributed by atoms with Gasteiger partial charge in [0.2, 0.25) is 0 Å². The third kappa shape index (κ3) is 10.5. The van der Waals surface area contributed by atoms with Crippen molar-refractivity contribution in [3.05, 3.63) is 12.2 Å². The van der Waals surface area contributed by atoms with Gasteiger partial charge in [0.25, 0.3) is 0 Å². The van der Waals surface area contributed by atoms with Crippen LogP contribution in [0, 0.1) is 10.8 Å². The molecule has 0 radical (unpaired) electrons. The SMILES string of the molecule is CC(=O)C(C)(C)CCCC/C=C\CCCCCC(C)(C)C(C)=O. The molecule has 0 saturated carbocycles. The second-order valence-electron chi connectivity index (χ2n) is 8.20. The monoisotopic (exact) mass is 322 g/mol. The Kier molecular flexibility index (Phi) is 10.3. The number of Topliss-reactive ketones (excluding diaryl/α,β-unsaturated/α-hetero) is 2. The van der Waals surface area contributed by atoms with Gasteiger partial charge in [0.15, 0.2) is 0 Å². The Labute approximate surface area is 144 Å². The van der Waals surface area contributed by atoms with Gasteiger partial charge in [0.05, 0.1) is 0 Å². The molecule has 0 aliphatic heterocycles. The average Bonchev–Trinajstić information content (AvgIpc) is 2.44. The van der Waals surface area contributed by atoms with Gasteiger partial charge in [-0.2, -0.15) is 0 Å². The van der Waals surface area contributed by atoms with Crippen molar-refractivity contribution in [1.29, 1.82) is 0 Å². The van der Waals surface area contributed by atoms with Crippen molar-refractivity contribution in [1.82, 2.24) is 0 Å². The predicted molar refractivity (Wildman–Crippen MR) is 99.6 cm³/mol. The summed E-state index contributed by atoms with van der Waals surface area (Å²) in [5, 5.41) is 0. The number of rotatable bonds is 13. The lowest BCUT2D eigenvalue weighted by atomic mass is 9.83. The summed E-state index contributed by atoms with van der Waals surface area (Å²) in [5.74, 6) is 0.589. The molecule has 0 saturated heterocycles. The van der Waals surface area contributed by atoms with Crippen molar-refractivity contribution in [2.75, 3.05) is 0 Å². The topological polar surface area (TPSA) is 34.1 Å². The van der Waals surface area contributed by atoms with Crippen LogP contribution in [0.3, 0.4) is 0 Å². The van der Waals surface area contributed by atoms with Gasteiger partial charge in [-0.15, -0.1) is 0 Å². The van der Waals surface area contributed by atoms with Crippen molar-refractivity contribution in [2.45, 2.75) is 99.3 Å². The maximum atomic E-state index is 11.4. The van der Waals surface area contributed by atoms with E-state index in [1.165, 1.54) is 19.3 Å². The molecule has 0 aliphatic carbocycles. The summed E-state index contributed by atoms with van der Waals surface area (Å²) in [6.45, 7) is 11.6.